The molecule has 6 heteroatoms. The monoisotopic (exact) mass is 443 g/mol. The molecule has 0 atom stereocenters. The van der Waals surface area contributed by atoms with E-state index >= 15 is 0 Å². The lowest BCUT2D eigenvalue weighted by atomic mass is 10.2. The zero-order valence-corrected chi connectivity index (χ0v) is 18.4. The molecular formula is C27H26FN3O2. The lowest BCUT2D eigenvalue weighted by Gasteiger charge is -2.24. The van der Waals surface area contributed by atoms with Crippen molar-refractivity contribution < 1.29 is 13.9 Å². The van der Waals surface area contributed by atoms with E-state index in [9.17, 15) is 9.18 Å². The van der Waals surface area contributed by atoms with Crippen LogP contribution >= 0.6 is 0 Å². The molecule has 0 bridgehead atoms. The quantitative estimate of drug-likeness (QED) is 0.368. The number of aromatic nitrogens is 1. The Morgan fingerprint density at radius 1 is 0.909 bits per heavy atom. The highest BCUT2D eigenvalue weighted by atomic mass is 19.1. The van der Waals surface area contributed by atoms with Crippen molar-refractivity contribution in [3.63, 3.8) is 0 Å². The highest BCUT2D eigenvalue weighted by Gasteiger charge is 2.18. The number of amides is 2. The van der Waals surface area contributed by atoms with Gasteiger partial charge in [-0.15, -0.1) is 0 Å². The molecule has 1 N–H and O–H groups in total. The minimum atomic E-state index is -0.466. The summed E-state index contributed by atoms with van der Waals surface area (Å²) < 4.78 is 21.6. The van der Waals surface area contributed by atoms with E-state index in [4.69, 9.17) is 4.74 Å². The van der Waals surface area contributed by atoms with Gasteiger partial charge in [0.15, 0.2) is 0 Å². The Balaban J connectivity index is 1.56. The Kier molecular flexibility index (Phi) is 7.05. The molecule has 1 heterocycles. The Morgan fingerprint density at radius 2 is 1.67 bits per heavy atom. The Morgan fingerprint density at radius 3 is 2.45 bits per heavy atom. The molecule has 3 aromatic carbocycles. The van der Waals surface area contributed by atoms with Crippen molar-refractivity contribution in [2.45, 2.75) is 19.6 Å². The molecular weight excluding hydrogens is 417 g/mol. The Bertz CT molecular complexity index is 1210. The summed E-state index contributed by atoms with van der Waals surface area (Å²) >= 11 is 0. The summed E-state index contributed by atoms with van der Waals surface area (Å²) in [5.74, 6) is 0.336. The van der Waals surface area contributed by atoms with Crippen molar-refractivity contribution in [3.05, 3.63) is 120 Å². The molecule has 5 nitrogen and oxygen atoms in total. The van der Waals surface area contributed by atoms with E-state index in [1.165, 1.54) is 6.07 Å². The third kappa shape index (κ3) is 5.80. The van der Waals surface area contributed by atoms with E-state index in [0.717, 1.165) is 22.6 Å². The minimum Gasteiger partial charge on any atom is -0.497 e. The average molecular weight is 444 g/mol. The van der Waals surface area contributed by atoms with E-state index in [1.807, 2.05) is 72.9 Å². The summed E-state index contributed by atoms with van der Waals surface area (Å²) in [7, 11) is 1.65. The van der Waals surface area contributed by atoms with Crippen molar-refractivity contribution in [3.8, 4) is 5.75 Å². The highest BCUT2D eigenvalue weighted by Crippen LogP contribution is 2.19. The molecule has 4 aromatic rings. The molecule has 33 heavy (non-hydrogen) atoms. The number of hydrogen-bond donors (Lipinski definition) is 1. The van der Waals surface area contributed by atoms with Gasteiger partial charge in [0.1, 0.15) is 11.6 Å². The molecule has 0 aliphatic carbocycles. The van der Waals surface area contributed by atoms with Gasteiger partial charge in [-0.25, -0.2) is 9.18 Å². The van der Waals surface area contributed by atoms with Crippen molar-refractivity contribution in [1.82, 2.24) is 9.47 Å². The number of benzene rings is 3. The summed E-state index contributed by atoms with van der Waals surface area (Å²) in [6, 6.07) is 27.4. The highest BCUT2D eigenvalue weighted by molar-refractivity contribution is 5.89. The van der Waals surface area contributed by atoms with Gasteiger partial charge in [0.05, 0.1) is 19.3 Å². The van der Waals surface area contributed by atoms with Crippen molar-refractivity contribution in [2.24, 2.45) is 0 Å². The number of nitrogens with zero attached hydrogens (tertiary/aromatic N) is 2. The van der Waals surface area contributed by atoms with Crippen LogP contribution in [0.4, 0.5) is 14.9 Å². The van der Waals surface area contributed by atoms with Crippen LogP contribution in [0.2, 0.25) is 0 Å². The van der Waals surface area contributed by atoms with E-state index in [1.54, 1.807) is 30.2 Å². The molecule has 0 unspecified atom stereocenters. The maximum absolute atomic E-state index is 14.1. The molecule has 0 radical (unpaired) electrons. The summed E-state index contributed by atoms with van der Waals surface area (Å²) in [5, 5.41) is 2.71. The van der Waals surface area contributed by atoms with E-state index in [2.05, 4.69) is 9.88 Å². The van der Waals surface area contributed by atoms with Gasteiger partial charge in [-0.2, -0.15) is 0 Å². The standard InChI is InChI=1S/C27H26FN3O2/c1-33-24-13-7-11-22(17-24)19-30-16-8-12-23(30)20-31(18-21-9-3-2-4-10-21)27(32)29-26-15-6-5-14-25(26)28/h2-17H,18-20H2,1H3,(H,29,32). The van der Waals surface area contributed by atoms with Gasteiger partial charge in [-0.1, -0.05) is 54.6 Å². The summed E-state index contributed by atoms with van der Waals surface area (Å²) in [4.78, 5) is 14.9. The molecule has 4 rings (SSSR count). The van der Waals surface area contributed by atoms with Crippen LogP contribution in [0.3, 0.4) is 0 Å². The van der Waals surface area contributed by atoms with Crippen LogP contribution in [0.5, 0.6) is 5.75 Å². The second kappa shape index (κ2) is 10.5. The number of carbonyl (C=O) groups excluding carboxylic acids is 1. The fraction of sp³-hybridized carbons (Fsp3) is 0.148. The maximum atomic E-state index is 14.1. The molecule has 0 fully saturated rings. The third-order valence-corrected chi connectivity index (χ3v) is 5.38. The second-order valence-corrected chi connectivity index (χ2v) is 7.73. The van der Waals surface area contributed by atoms with Crippen LogP contribution in [-0.2, 0) is 19.6 Å². The van der Waals surface area contributed by atoms with Crippen molar-refractivity contribution in [1.29, 1.82) is 0 Å². The van der Waals surface area contributed by atoms with Gasteiger partial charge in [-0.3, -0.25) is 0 Å². The second-order valence-electron chi connectivity index (χ2n) is 7.73. The van der Waals surface area contributed by atoms with Gasteiger partial charge in [0.2, 0.25) is 0 Å². The number of para-hydroxylation sites is 1. The minimum absolute atomic E-state index is 0.160. The predicted octanol–water partition coefficient (Wildman–Crippen LogP) is 5.92. The third-order valence-electron chi connectivity index (χ3n) is 5.38. The van der Waals surface area contributed by atoms with Gasteiger partial charge < -0.3 is 19.5 Å². The van der Waals surface area contributed by atoms with Gasteiger partial charge in [0.25, 0.3) is 0 Å². The van der Waals surface area contributed by atoms with Crippen molar-refractivity contribution >= 4 is 11.7 Å². The number of halogens is 1. The molecule has 0 aliphatic heterocycles. The van der Waals surface area contributed by atoms with Gasteiger partial charge in [-0.05, 0) is 47.5 Å². The van der Waals surface area contributed by atoms with E-state index in [-0.39, 0.29) is 11.7 Å². The first-order chi connectivity index (χ1) is 16.1. The number of nitrogens with one attached hydrogen (secondary N) is 1. The number of anilines is 1. The number of ether oxygens (including phenoxy) is 1. The maximum Gasteiger partial charge on any atom is 0.322 e. The number of rotatable bonds is 8. The summed E-state index contributed by atoms with van der Waals surface area (Å²) in [6.07, 6.45) is 1.99. The zero-order chi connectivity index (χ0) is 23.0. The molecule has 0 aliphatic rings. The van der Waals surface area contributed by atoms with Crippen LogP contribution in [0.25, 0.3) is 0 Å². The molecule has 2 amide bonds. The largest absolute Gasteiger partial charge is 0.497 e. The number of hydrogen-bond acceptors (Lipinski definition) is 2. The van der Waals surface area contributed by atoms with E-state index < -0.39 is 5.82 Å². The van der Waals surface area contributed by atoms with Crippen LogP contribution in [0.1, 0.15) is 16.8 Å². The fourth-order valence-corrected chi connectivity index (χ4v) is 3.67. The fourth-order valence-electron chi connectivity index (χ4n) is 3.67. The van der Waals surface area contributed by atoms with Crippen LogP contribution in [0, 0.1) is 5.82 Å². The van der Waals surface area contributed by atoms with Crippen LogP contribution in [-0.4, -0.2) is 22.6 Å². The number of carbonyl (C=O) groups is 1. The molecule has 0 saturated carbocycles. The molecule has 0 spiro atoms. The topological polar surface area (TPSA) is 46.5 Å². The first-order valence-electron chi connectivity index (χ1n) is 10.7. The number of urea groups is 1. The predicted molar refractivity (Wildman–Crippen MR) is 128 cm³/mol. The molecule has 1 aromatic heterocycles. The Hall–Kier alpha value is -4.06. The average Bonchev–Trinajstić information content (AvgIpc) is 3.27. The molecule has 168 valence electrons. The van der Waals surface area contributed by atoms with Gasteiger partial charge >= 0.3 is 6.03 Å². The molecule has 0 saturated heterocycles. The van der Waals surface area contributed by atoms with E-state index in [0.29, 0.717) is 19.6 Å². The SMILES string of the molecule is COc1cccc(Cn2cccc2CN(Cc2ccccc2)C(=O)Nc2ccccc2F)c1. The number of methoxy groups -OCH3 is 1. The summed E-state index contributed by atoms with van der Waals surface area (Å²) in [6.45, 7) is 1.41. The first kappa shape index (κ1) is 22.1. The first-order valence-corrected chi connectivity index (χ1v) is 10.7. The van der Waals surface area contributed by atoms with Crippen LogP contribution in [0.15, 0.2) is 97.2 Å². The Labute approximate surface area is 193 Å². The summed E-state index contributed by atoms with van der Waals surface area (Å²) in [5.41, 5.74) is 3.22. The zero-order valence-electron chi connectivity index (χ0n) is 18.4. The van der Waals surface area contributed by atoms with Crippen molar-refractivity contribution in [2.75, 3.05) is 12.4 Å². The lowest BCUT2D eigenvalue weighted by Crippen LogP contribution is -2.35. The van der Waals surface area contributed by atoms with Crippen LogP contribution < -0.4 is 10.1 Å². The smallest absolute Gasteiger partial charge is 0.322 e. The lowest BCUT2D eigenvalue weighted by molar-refractivity contribution is 0.205. The normalized spacial score (nSPS) is 10.6. The van der Waals surface area contributed by atoms with Gasteiger partial charge in [0, 0.05) is 25.0 Å².